The maximum atomic E-state index is 13.4. The second-order valence-corrected chi connectivity index (χ2v) is 8.46. The van der Waals surface area contributed by atoms with Gasteiger partial charge in [0.15, 0.2) is 0 Å². The van der Waals surface area contributed by atoms with Crippen LogP contribution in [0.15, 0.2) is 48.0 Å². The number of amides is 1. The molecule has 1 amide bonds. The zero-order valence-electron chi connectivity index (χ0n) is 17.1. The van der Waals surface area contributed by atoms with Crippen molar-refractivity contribution in [2.45, 2.75) is 52.7 Å². The molecule has 1 aliphatic heterocycles. The minimum Gasteiger partial charge on any atom is -0.483 e. The second-order valence-electron chi connectivity index (χ2n) is 8.46. The molecular weight excluding hydrogens is 357 g/mol. The van der Waals surface area contributed by atoms with E-state index >= 15 is 0 Å². The van der Waals surface area contributed by atoms with Crippen LogP contribution in [0, 0.1) is 5.82 Å². The zero-order chi connectivity index (χ0) is 20.7. The molecule has 28 heavy (non-hydrogen) atoms. The SMILES string of the molecule is CC1=C(c2ccc(F)cc2)c2ccc(NC(=O)OC(C)(C)C)cc2OC1(C)C. The molecule has 3 rings (SSSR count). The molecular formula is C23H26FNO3. The van der Waals surface area contributed by atoms with Gasteiger partial charge in [0.1, 0.15) is 22.8 Å². The third-order valence-electron chi connectivity index (χ3n) is 4.67. The Kier molecular flexibility index (Phi) is 4.96. The highest BCUT2D eigenvalue weighted by atomic mass is 19.1. The highest BCUT2D eigenvalue weighted by Gasteiger charge is 2.33. The first-order valence-electron chi connectivity index (χ1n) is 9.27. The van der Waals surface area contributed by atoms with Crippen LogP contribution < -0.4 is 10.1 Å². The molecule has 2 aromatic rings. The summed E-state index contributed by atoms with van der Waals surface area (Å²) in [5.74, 6) is 0.383. The standard InChI is InChI=1S/C23H26FNO3/c1-14-20(15-7-9-16(24)10-8-15)18-12-11-17(13-19(18)27-23(14,5)6)25-21(26)28-22(2,3)4/h7-13H,1-6H3,(H,25,26). The molecule has 148 valence electrons. The number of fused-ring (bicyclic) bond motifs is 1. The van der Waals surface area contributed by atoms with Crippen LogP contribution in [0.1, 0.15) is 52.7 Å². The van der Waals surface area contributed by atoms with Gasteiger partial charge in [0.05, 0.1) is 0 Å². The number of rotatable bonds is 2. The first-order valence-corrected chi connectivity index (χ1v) is 9.27. The molecule has 0 spiro atoms. The topological polar surface area (TPSA) is 47.6 Å². The summed E-state index contributed by atoms with van der Waals surface area (Å²) >= 11 is 0. The van der Waals surface area contributed by atoms with Gasteiger partial charge in [-0.05, 0) is 82.5 Å². The number of carbonyl (C=O) groups excluding carboxylic acids is 1. The van der Waals surface area contributed by atoms with Gasteiger partial charge >= 0.3 is 6.09 Å². The number of carbonyl (C=O) groups is 1. The van der Waals surface area contributed by atoms with E-state index in [4.69, 9.17) is 9.47 Å². The minimum atomic E-state index is -0.577. The Morgan fingerprint density at radius 1 is 1.11 bits per heavy atom. The molecule has 0 fully saturated rings. The molecule has 1 N–H and O–H groups in total. The van der Waals surface area contributed by atoms with Crippen LogP contribution >= 0.6 is 0 Å². The van der Waals surface area contributed by atoms with Gasteiger partial charge in [-0.2, -0.15) is 0 Å². The van der Waals surface area contributed by atoms with E-state index in [1.165, 1.54) is 12.1 Å². The van der Waals surface area contributed by atoms with Crippen molar-refractivity contribution in [1.29, 1.82) is 0 Å². The van der Waals surface area contributed by atoms with E-state index in [2.05, 4.69) is 5.32 Å². The monoisotopic (exact) mass is 383 g/mol. The van der Waals surface area contributed by atoms with Crippen LogP contribution in [0.4, 0.5) is 14.9 Å². The Labute approximate surface area is 165 Å². The summed E-state index contributed by atoms with van der Waals surface area (Å²) in [5.41, 5.74) is 3.35. The Morgan fingerprint density at radius 3 is 2.36 bits per heavy atom. The molecule has 0 saturated heterocycles. The summed E-state index contributed by atoms with van der Waals surface area (Å²) in [4.78, 5) is 12.1. The normalized spacial score (nSPS) is 15.5. The smallest absolute Gasteiger partial charge is 0.412 e. The summed E-state index contributed by atoms with van der Waals surface area (Å²) in [6.45, 7) is 11.4. The first-order chi connectivity index (χ1) is 13.0. The van der Waals surface area contributed by atoms with Crippen molar-refractivity contribution >= 4 is 17.4 Å². The average Bonchev–Trinajstić information content (AvgIpc) is 2.55. The second kappa shape index (κ2) is 6.97. The van der Waals surface area contributed by atoms with Crippen LogP contribution in [0.25, 0.3) is 5.57 Å². The Bertz CT molecular complexity index is 937. The maximum Gasteiger partial charge on any atom is 0.412 e. The van der Waals surface area contributed by atoms with Crippen molar-refractivity contribution in [3.05, 3.63) is 65.0 Å². The van der Waals surface area contributed by atoms with Crippen molar-refractivity contribution in [2.75, 3.05) is 5.32 Å². The highest BCUT2D eigenvalue weighted by molar-refractivity contribution is 5.90. The molecule has 0 saturated carbocycles. The fourth-order valence-corrected chi connectivity index (χ4v) is 3.16. The lowest BCUT2D eigenvalue weighted by atomic mass is 9.83. The van der Waals surface area contributed by atoms with Crippen molar-refractivity contribution in [1.82, 2.24) is 0 Å². The van der Waals surface area contributed by atoms with Gasteiger partial charge in [-0.15, -0.1) is 0 Å². The number of ether oxygens (including phenoxy) is 2. The molecule has 1 heterocycles. The van der Waals surface area contributed by atoms with Crippen LogP contribution in [0.5, 0.6) is 5.75 Å². The zero-order valence-corrected chi connectivity index (χ0v) is 17.1. The van der Waals surface area contributed by atoms with Crippen molar-refractivity contribution in [3.8, 4) is 5.75 Å². The fourth-order valence-electron chi connectivity index (χ4n) is 3.16. The lowest BCUT2D eigenvalue weighted by molar-refractivity contribution is 0.0636. The summed E-state index contributed by atoms with van der Waals surface area (Å²) in [6.07, 6.45) is -0.520. The Hall–Kier alpha value is -2.82. The van der Waals surface area contributed by atoms with Gasteiger partial charge in [-0.25, -0.2) is 9.18 Å². The number of hydrogen-bond donors (Lipinski definition) is 1. The molecule has 1 aliphatic rings. The first kappa shape index (κ1) is 19.9. The maximum absolute atomic E-state index is 13.4. The Morgan fingerprint density at radius 2 is 1.75 bits per heavy atom. The molecule has 0 radical (unpaired) electrons. The van der Waals surface area contributed by atoms with Crippen LogP contribution in [-0.4, -0.2) is 17.3 Å². The quantitative estimate of drug-likeness (QED) is 0.675. The third kappa shape index (κ3) is 4.19. The highest BCUT2D eigenvalue weighted by Crippen LogP contribution is 2.44. The number of benzene rings is 2. The lowest BCUT2D eigenvalue weighted by Gasteiger charge is -2.36. The van der Waals surface area contributed by atoms with Gasteiger partial charge in [0, 0.05) is 17.3 Å². The number of hydrogen-bond acceptors (Lipinski definition) is 3. The van der Waals surface area contributed by atoms with Crippen molar-refractivity contribution in [2.24, 2.45) is 0 Å². The number of halogens is 1. The van der Waals surface area contributed by atoms with Crippen LogP contribution in [0.3, 0.4) is 0 Å². The van der Waals surface area contributed by atoms with Gasteiger partial charge in [0.25, 0.3) is 0 Å². The number of anilines is 1. The summed E-state index contributed by atoms with van der Waals surface area (Å²) in [5, 5.41) is 2.74. The molecule has 0 aromatic heterocycles. The van der Waals surface area contributed by atoms with Crippen LogP contribution in [0.2, 0.25) is 0 Å². The molecule has 5 heteroatoms. The van der Waals surface area contributed by atoms with Gasteiger partial charge < -0.3 is 9.47 Å². The van der Waals surface area contributed by atoms with E-state index in [1.54, 1.807) is 24.3 Å². The molecule has 0 bridgehead atoms. The largest absolute Gasteiger partial charge is 0.483 e. The average molecular weight is 383 g/mol. The van der Waals surface area contributed by atoms with E-state index in [0.29, 0.717) is 11.4 Å². The predicted molar refractivity (Wildman–Crippen MR) is 109 cm³/mol. The van der Waals surface area contributed by atoms with Crippen molar-refractivity contribution in [3.63, 3.8) is 0 Å². The minimum absolute atomic E-state index is 0.273. The predicted octanol–water partition coefficient (Wildman–Crippen LogP) is 6.17. The summed E-state index contributed by atoms with van der Waals surface area (Å²) in [6, 6.07) is 11.9. The van der Waals surface area contributed by atoms with E-state index in [9.17, 15) is 9.18 Å². The van der Waals surface area contributed by atoms with E-state index < -0.39 is 17.3 Å². The van der Waals surface area contributed by atoms with Gasteiger partial charge in [-0.1, -0.05) is 12.1 Å². The fraction of sp³-hybridized carbons (Fsp3) is 0.348. The molecule has 0 aliphatic carbocycles. The van der Waals surface area contributed by atoms with Crippen molar-refractivity contribution < 1.29 is 18.7 Å². The van der Waals surface area contributed by atoms with E-state index in [1.807, 2.05) is 47.6 Å². The van der Waals surface area contributed by atoms with Gasteiger partial charge in [-0.3, -0.25) is 5.32 Å². The third-order valence-corrected chi connectivity index (χ3v) is 4.67. The van der Waals surface area contributed by atoms with Gasteiger partial charge in [0.2, 0.25) is 0 Å². The Balaban J connectivity index is 2.00. The summed E-state index contributed by atoms with van der Waals surface area (Å²) in [7, 11) is 0. The molecule has 0 atom stereocenters. The summed E-state index contributed by atoms with van der Waals surface area (Å²) < 4.78 is 24.9. The molecule has 4 nitrogen and oxygen atoms in total. The van der Waals surface area contributed by atoms with E-state index in [-0.39, 0.29) is 5.82 Å². The molecule has 0 unspecified atom stereocenters. The number of nitrogens with one attached hydrogen (secondary N) is 1. The molecule has 2 aromatic carbocycles. The van der Waals surface area contributed by atoms with E-state index in [0.717, 1.165) is 22.3 Å². The van der Waals surface area contributed by atoms with Crippen LogP contribution in [-0.2, 0) is 4.74 Å². The lowest BCUT2D eigenvalue weighted by Crippen LogP contribution is -2.34.